The molecule has 1 unspecified atom stereocenters. The van der Waals surface area contributed by atoms with Crippen molar-refractivity contribution in [3.63, 3.8) is 0 Å². The number of nitrogens with zero attached hydrogens (tertiary/aromatic N) is 4. The van der Waals surface area contributed by atoms with Crippen LogP contribution in [0.15, 0.2) is 22.9 Å². The first-order valence-corrected chi connectivity index (χ1v) is 7.22. The van der Waals surface area contributed by atoms with E-state index in [0.717, 1.165) is 19.4 Å². The number of pyridine rings is 1. The summed E-state index contributed by atoms with van der Waals surface area (Å²) < 4.78 is 5.02. The van der Waals surface area contributed by atoms with E-state index in [1.54, 1.807) is 24.0 Å². The zero-order valence-electron chi connectivity index (χ0n) is 11.6. The van der Waals surface area contributed by atoms with Gasteiger partial charge in [0.05, 0.1) is 5.02 Å². The molecule has 3 heterocycles. The van der Waals surface area contributed by atoms with Crippen LogP contribution in [-0.4, -0.2) is 39.0 Å². The van der Waals surface area contributed by atoms with Gasteiger partial charge in [0, 0.05) is 32.1 Å². The molecule has 3 rings (SSSR count). The van der Waals surface area contributed by atoms with Crippen molar-refractivity contribution in [2.24, 2.45) is 0 Å². The lowest BCUT2D eigenvalue weighted by Crippen LogP contribution is -2.39. The highest BCUT2D eigenvalue weighted by Gasteiger charge is 2.28. The second-order valence-electron chi connectivity index (χ2n) is 5.12. The van der Waals surface area contributed by atoms with Crippen LogP contribution in [0.25, 0.3) is 0 Å². The Hall–Kier alpha value is -1.95. The second-order valence-corrected chi connectivity index (χ2v) is 5.56. The van der Waals surface area contributed by atoms with Crippen molar-refractivity contribution in [2.75, 3.05) is 13.1 Å². The Morgan fingerprint density at radius 3 is 3.00 bits per heavy atom. The maximum Gasteiger partial charge on any atom is 0.272 e. The van der Waals surface area contributed by atoms with Gasteiger partial charge in [-0.2, -0.15) is 4.98 Å². The topological polar surface area (TPSA) is 72.1 Å². The summed E-state index contributed by atoms with van der Waals surface area (Å²) in [5.74, 6) is 1.26. The molecule has 1 fully saturated rings. The van der Waals surface area contributed by atoms with E-state index >= 15 is 0 Å². The van der Waals surface area contributed by atoms with Gasteiger partial charge in [0.25, 0.3) is 5.91 Å². The molecule has 2 aromatic rings. The van der Waals surface area contributed by atoms with Crippen molar-refractivity contribution in [1.29, 1.82) is 0 Å². The summed E-state index contributed by atoms with van der Waals surface area (Å²) in [6.07, 6.45) is 3.35. The van der Waals surface area contributed by atoms with Crippen LogP contribution < -0.4 is 0 Å². The van der Waals surface area contributed by atoms with Crippen LogP contribution in [0.1, 0.15) is 41.0 Å². The molecule has 110 valence electrons. The zero-order chi connectivity index (χ0) is 14.8. The molecule has 0 aliphatic carbocycles. The number of halogens is 1. The average Bonchev–Trinajstić information content (AvgIpc) is 2.94. The van der Waals surface area contributed by atoms with Crippen LogP contribution in [-0.2, 0) is 0 Å². The van der Waals surface area contributed by atoms with Crippen molar-refractivity contribution in [3.8, 4) is 0 Å². The van der Waals surface area contributed by atoms with Gasteiger partial charge in [0.2, 0.25) is 5.89 Å². The predicted octanol–water partition coefficient (Wildman–Crippen LogP) is 2.45. The number of aromatic nitrogens is 3. The predicted molar refractivity (Wildman–Crippen MR) is 76.2 cm³/mol. The van der Waals surface area contributed by atoms with Gasteiger partial charge in [-0.3, -0.25) is 4.79 Å². The highest BCUT2D eigenvalue weighted by Crippen LogP contribution is 2.25. The van der Waals surface area contributed by atoms with Gasteiger partial charge < -0.3 is 9.42 Å². The molecule has 0 radical (unpaired) electrons. The van der Waals surface area contributed by atoms with Gasteiger partial charge in [0.15, 0.2) is 5.82 Å². The van der Waals surface area contributed by atoms with E-state index in [-0.39, 0.29) is 11.8 Å². The number of hydrogen-bond donors (Lipinski definition) is 0. The van der Waals surface area contributed by atoms with Gasteiger partial charge in [-0.25, -0.2) is 4.98 Å². The van der Waals surface area contributed by atoms with Gasteiger partial charge in [-0.05, 0) is 25.0 Å². The van der Waals surface area contributed by atoms with E-state index in [9.17, 15) is 4.79 Å². The van der Waals surface area contributed by atoms with Crippen LogP contribution >= 0.6 is 11.6 Å². The summed E-state index contributed by atoms with van der Waals surface area (Å²) in [5, 5.41) is 4.48. The summed E-state index contributed by atoms with van der Waals surface area (Å²) in [6.45, 7) is 3.07. The third-order valence-corrected chi connectivity index (χ3v) is 3.79. The number of carbonyl (C=O) groups is 1. The van der Waals surface area contributed by atoms with E-state index in [2.05, 4.69) is 15.1 Å². The fourth-order valence-electron chi connectivity index (χ4n) is 2.52. The first-order chi connectivity index (χ1) is 10.1. The molecule has 0 saturated carbocycles. The molecular weight excluding hydrogens is 292 g/mol. The normalized spacial score (nSPS) is 18.8. The Kier molecular flexibility index (Phi) is 3.88. The minimum atomic E-state index is -0.0865. The van der Waals surface area contributed by atoms with Gasteiger partial charge in [-0.15, -0.1) is 0 Å². The summed E-state index contributed by atoms with van der Waals surface area (Å²) in [5.41, 5.74) is 0.407. The lowest BCUT2D eigenvalue weighted by atomic mass is 9.97. The van der Waals surface area contributed by atoms with Gasteiger partial charge in [-0.1, -0.05) is 16.8 Å². The molecule has 2 aromatic heterocycles. The monoisotopic (exact) mass is 306 g/mol. The fourth-order valence-corrected chi connectivity index (χ4v) is 2.63. The fraction of sp³-hybridized carbons (Fsp3) is 0.429. The summed E-state index contributed by atoms with van der Waals surface area (Å²) in [7, 11) is 0. The molecule has 1 saturated heterocycles. The highest BCUT2D eigenvalue weighted by molar-refractivity contribution is 6.30. The molecular formula is C14H15ClN4O2. The van der Waals surface area contributed by atoms with Crippen molar-refractivity contribution in [2.45, 2.75) is 25.7 Å². The van der Waals surface area contributed by atoms with Crippen molar-refractivity contribution in [3.05, 3.63) is 40.8 Å². The smallest absolute Gasteiger partial charge is 0.272 e. The van der Waals surface area contributed by atoms with Gasteiger partial charge in [0.1, 0.15) is 5.69 Å². The summed E-state index contributed by atoms with van der Waals surface area (Å²) >= 11 is 5.79. The highest BCUT2D eigenvalue weighted by atomic mass is 35.5. The summed E-state index contributed by atoms with van der Waals surface area (Å²) in [6, 6.07) is 3.32. The summed E-state index contributed by atoms with van der Waals surface area (Å²) in [4.78, 5) is 22.6. The minimum absolute atomic E-state index is 0.0865. The molecule has 0 bridgehead atoms. The van der Waals surface area contributed by atoms with Crippen molar-refractivity contribution >= 4 is 17.5 Å². The SMILES string of the molecule is Cc1nc(C2CCCN(C(=O)c3ccc(Cl)cn3)C2)no1. The number of piperidine rings is 1. The Bertz CT molecular complexity index is 641. The molecule has 1 amide bonds. The zero-order valence-corrected chi connectivity index (χ0v) is 12.4. The van der Waals surface area contributed by atoms with Crippen molar-refractivity contribution < 1.29 is 9.32 Å². The first-order valence-electron chi connectivity index (χ1n) is 6.84. The minimum Gasteiger partial charge on any atom is -0.340 e. The number of rotatable bonds is 2. The first kappa shape index (κ1) is 14.0. The third-order valence-electron chi connectivity index (χ3n) is 3.56. The van der Waals surface area contributed by atoms with Crippen LogP contribution in [0, 0.1) is 6.92 Å². The largest absolute Gasteiger partial charge is 0.340 e. The van der Waals surface area contributed by atoms with Crippen LogP contribution in [0.4, 0.5) is 0 Å². The number of likely N-dealkylation sites (tertiary alicyclic amines) is 1. The average molecular weight is 307 g/mol. The maximum atomic E-state index is 12.4. The Labute approximate surface area is 127 Å². The number of amides is 1. The molecule has 7 heteroatoms. The number of carbonyl (C=O) groups excluding carboxylic acids is 1. The molecule has 1 aliphatic rings. The Morgan fingerprint density at radius 2 is 2.33 bits per heavy atom. The van der Waals surface area contributed by atoms with E-state index in [0.29, 0.717) is 29.0 Å². The van der Waals surface area contributed by atoms with Crippen molar-refractivity contribution in [1.82, 2.24) is 20.0 Å². The van der Waals surface area contributed by atoms with E-state index in [1.165, 1.54) is 6.20 Å². The molecule has 21 heavy (non-hydrogen) atoms. The molecule has 0 N–H and O–H groups in total. The lowest BCUT2D eigenvalue weighted by Gasteiger charge is -2.31. The van der Waals surface area contributed by atoms with Crippen LogP contribution in [0.3, 0.4) is 0 Å². The quantitative estimate of drug-likeness (QED) is 0.852. The number of hydrogen-bond acceptors (Lipinski definition) is 5. The van der Waals surface area contributed by atoms with E-state index < -0.39 is 0 Å². The van der Waals surface area contributed by atoms with E-state index in [4.69, 9.17) is 16.1 Å². The maximum absolute atomic E-state index is 12.4. The Balaban J connectivity index is 1.73. The molecule has 1 aliphatic heterocycles. The van der Waals surface area contributed by atoms with Crippen LogP contribution in [0.2, 0.25) is 5.02 Å². The Morgan fingerprint density at radius 1 is 1.48 bits per heavy atom. The lowest BCUT2D eigenvalue weighted by molar-refractivity contribution is 0.0697. The molecule has 1 atom stereocenters. The van der Waals surface area contributed by atoms with Crippen LogP contribution in [0.5, 0.6) is 0 Å². The van der Waals surface area contributed by atoms with Gasteiger partial charge >= 0.3 is 0 Å². The molecule has 0 aromatic carbocycles. The van der Waals surface area contributed by atoms with E-state index in [1.807, 2.05) is 0 Å². The standard InChI is InChI=1S/C14H15ClN4O2/c1-9-17-13(18-21-9)10-3-2-6-19(8-10)14(20)12-5-4-11(15)7-16-12/h4-5,7,10H,2-3,6,8H2,1H3. The molecule has 0 spiro atoms. The number of aryl methyl sites for hydroxylation is 1. The molecule has 6 nitrogen and oxygen atoms in total. The second kappa shape index (κ2) is 5.81. The third kappa shape index (κ3) is 3.05.